The molecule has 0 aliphatic heterocycles. The number of carbonyl (C=O) groups excluding carboxylic acids is 2. The summed E-state index contributed by atoms with van der Waals surface area (Å²) in [6, 6.07) is 2.02. The molecule has 1 heterocycles. The average Bonchev–Trinajstić information content (AvgIpc) is 2.98. The van der Waals surface area contributed by atoms with Crippen molar-refractivity contribution in [3.05, 3.63) is 18.5 Å². The second-order valence-electron chi connectivity index (χ2n) is 5.16. The van der Waals surface area contributed by atoms with Gasteiger partial charge in [-0.05, 0) is 31.7 Å². The van der Waals surface area contributed by atoms with Gasteiger partial charge in [0.1, 0.15) is 0 Å². The van der Waals surface area contributed by atoms with Crippen LogP contribution in [0, 0.1) is 5.92 Å². The van der Waals surface area contributed by atoms with Crippen molar-refractivity contribution >= 4 is 11.9 Å². The Labute approximate surface area is 118 Å². The van der Waals surface area contributed by atoms with Gasteiger partial charge in [0, 0.05) is 31.4 Å². The highest BCUT2D eigenvalue weighted by molar-refractivity contribution is 5.76. The van der Waals surface area contributed by atoms with E-state index in [4.69, 9.17) is 4.74 Å². The van der Waals surface area contributed by atoms with E-state index in [9.17, 15) is 9.59 Å². The van der Waals surface area contributed by atoms with E-state index in [1.165, 1.54) is 7.11 Å². The van der Waals surface area contributed by atoms with Gasteiger partial charge in [-0.25, -0.2) is 0 Å². The summed E-state index contributed by atoms with van der Waals surface area (Å²) in [5.74, 6) is -0.0901. The Morgan fingerprint density at radius 3 is 2.70 bits per heavy atom. The molecule has 6 nitrogen and oxygen atoms in total. The smallest absolute Gasteiger partial charge is 0.308 e. The van der Waals surface area contributed by atoms with Gasteiger partial charge in [-0.15, -0.1) is 0 Å². The molecule has 0 saturated heterocycles. The van der Waals surface area contributed by atoms with Crippen LogP contribution in [0.5, 0.6) is 0 Å². The molecule has 20 heavy (non-hydrogen) atoms. The number of carbonyl (C=O) groups is 2. The van der Waals surface area contributed by atoms with E-state index < -0.39 is 0 Å². The number of aromatic nitrogens is 2. The normalized spacial score (nSPS) is 22.2. The zero-order chi connectivity index (χ0) is 14.4. The highest BCUT2D eigenvalue weighted by Gasteiger charge is 2.27. The highest BCUT2D eigenvalue weighted by Crippen LogP contribution is 2.25. The first-order valence-electron chi connectivity index (χ1n) is 7.03. The van der Waals surface area contributed by atoms with Gasteiger partial charge in [0.25, 0.3) is 0 Å². The summed E-state index contributed by atoms with van der Waals surface area (Å²) in [6.45, 7) is 0.594. The van der Waals surface area contributed by atoms with E-state index in [1.54, 1.807) is 10.9 Å². The summed E-state index contributed by atoms with van der Waals surface area (Å²) in [7, 11) is 1.42. The molecule has 1 aliphatic carbocycles. The van der Waals surface area contributed by atoms with E-state index in [0.29, 0.717) is 13.0 Å². The van der Waals surface area contributed by atoms with E-state index >= 15 is 0 Å². The molecule has 1 aromatic rings. The SMILES string of the molecule is COC(=O)C1CCC(NC(=O)CCn2cccn2)CC1. The zero-order valence-electron chi connectivity index (χ0n) is 11.7. The van der Waals surface area contributed by atoms with E-state index in [1.807, 2.05) is 12.3 Å². The molecule has 1 aliphatic rings. The second-order valence-corrected chi connectivity index (χ2v) is 5.16. The topological polar surface area (TPSA) is 73.2 Å². The van der Waals surface area contributed by atoms with Crippen LogP contribution in [0.1, 0.15) is 32.1 Å². The van der Waals surface area contributed by atoms with Crippen LogP contribution in [0.25, 0.3) is 0 Å². The molecule has 1 saturated carbocycles. The third kappa shape index (κ3) is 4.08. The van der Waals surface area contributed by atoms with E-state index in [-0.39, 0.29) is 23.8 Å². The van der Waals surface area contributed by atoms with Gasteiger partial charge in [0.05, 0.1) is 13.0 Å². The number of hydrogen-bond acceptors (Lipinski definition) is 4. The fraction of sp³-hybridized carbons (Fsp3) is 0.643. The lowest BCUT2D eigenvalue weighted by atomic mass is 9.86. The van der Waals surface area contributed by atoms with E-state index in [2.05, 4.69) is 10.4 Å². The second kappa shape index (κ2) is 7.07. The molecule has 0 aromatic carbocycles. The molecule has 0 radical (unpaired) electrons. The summed E-state index contributed by atoms with van der Waals surface area (Å²) in [4.78, 5) is 23.2. The predicted molar refractivity (Wildman–Crippen MR) is 72.7 cm³/mol. The summed E-state index contributed by atoms with van der Waals surface area (Å²) >= 11 is 0. The average molecular weight is 279 g/mol. The monoisotopic (exact) mass is 279 g/mol. The molecule has 1 fully saturated rings. The van der Waals surface area contributed by atoms with Gasteiger partial charge in [-0.1, -0.05) is 0 Å². The lowest BCUT2D eigenvalue weighted by molar-refractivity contribution is -0.146. The molecule has 0 unspecified atom stereocenters. The van der Waals surface area contributed by atoms with Crippen LogP contribution < -0.4 is 5.32 Å². The first kappa shape index (κ1) is 14.6. The standard InChI is InChI=1S/C14H21N3O3/c1-20-14(19)11-3-5-12(6-4-11)16-13(18)7-10-17-9-2-8-15-17/h2,8-9,11-12H,3-7,10H2,1H3,(H,16,18). The molecule has 1 N–H and O–H groups in total. The highest BCUT2D eigenvalue weighted by atomic mass is 16.5. The predicted octanol–water partition coefficient (Wildman–Crippen LogP) is 1.12. The fourth-order valence-electron chi connectivity index (χ4n) is 2.59. The van der Waals surface area contributed by atoms with Crippen LogP contribution >= 0.6 is 0 Å². The van der Waals surface area contributed by atoms with Gasteiger partial charge in [-0.2, -0.15) is 5.10 Å². The number of aryl methyl sites for hydroxylation is 1. The maximum absolute atomic E-state index is 11.8. The van der Waals surface area contributed by atoms with Crippen molar-refractivity contribution in [3.63, 3.8) is 0 Å². The summed E-state index contributed by atoms with van der Waals surface area (Å²) < 4.78 is 6.49. The summed E-state index contributed by atoms with van der Waals surface area (Å²) in [6.07, 6.45) is 7.23. The molecule has 110 valence electrons. The van der Waals surface area contributed by atoms with Crippen molar-refractivity contribution in [1.82, 2.24) is 15.1 Å². The lowest BCUT2D eigenvalue weighted by Crippen LogP contribution is -2.39. The Morgan fingerprint density at radius 1 is 1.35 bits per heavy atom. The Morgan fingerprint density at radius 2 is 2.10 bits per heavy atom. The van der Waals surface area contributed by atoms with Crippen molar-refractivity contribution in [2.24, 2.45) is 5.92 Å². The van der Waals surface area contributed by atoms with Crippen LogP contribution in [0.4, 0.5) is 0 Å². The number of methoxy groups -OCH3 is 1. The van der Waals surface area contributed by atoms with Gasteiger partial charge < -0.3 is 10.1 Å². The summed E-state index contributed by atoms with van der Waals surface area (Å²) in [5, 5.41) is 7.09. The Balaban J connectivity index is 1.67. The number of ether oxygens (including phenoxy) is 1. The van der Waals surface area contributed by atoms with Crippen molar-refractivity contribution in [1.29, 1.82) is 0 Å². The Hall–Kier alpha value is -1.85. The van der Waals surface area contributed by atoms with Crippen molar-refractivity contribution in [3.8, 4) is 0 Å². The number of esters is 1. The number of nitrogens with zero attached hydrogens (tertiary/aromatic N) is 2. The molecule has 0 spiro atoms. The number of hydrogen-bond donors (Lipinski definition) is 1. The molecule has 0 bridgehead atoms. The molecule has 2 rings (SSSR count). The minimum Gasteiger partial charge on any atom is -0.469 e. The Kier molecular flexibility index (Phi) is 5.15. The zero-order valence-corrected chi connectivity index (χ0v) is 11.7. The largest absolute Gasteiger partial charge is 0.469 e. The first-order valence-corrected chi connectivity index (χ1v) is 7.03. The van der Waals surface area contributed by atoms with Gasteiger partial charge in [0.2, 0.25) is 5.91 Å². The lowest BCUT2D eigenvalue weighted by Gasteiger charge is -2.27. The first-order chi connectivity index (χ1) is 9.69. The molecule has 6 heteroatoms. The van der Waals surface area contributed by atoms with Crippen LogP contribution in [0.3, 0.4) is 0 Å². The quantitative estimate of drug-likeness (QED) is 0.820. The van der Waals surface area contributed by atoms with Crippen LogP contribution in [0.2, 0.25) is 0 Å². The maximum Gasteiger partial charge on any atom is 0.308 e. The minimum atomic E-state index is -0.131. The molecule has 1 aromatic heterocycles. The summed E-state index contributed by atoms with van der Waals surface area (Å²) in [5.41, 5.74) is 0. The van der Waals surface area contributed by atoms with Crippen molar-refractivity contribution < 1.29 is 14.3 Å². The third-order valence-corrected chi connectivity index (χ3v) is 3.75. The van der Waals surface area contributed by atoms with Gasteiger partial charge in [0.15, 0.2) is 0 Å². The number of rotatable bonds is 5. The molecular formula is C14H21N3O3. The van der Waals surface area contributed by atoms with Crippen molar-refractivity contribution in [2.75, 3.05) is 7.11 Å². The molecular weight excluding hydrogens is 258 g/mol. The van der Waals surface area contributed by atoms with Crippen molar-refractivity contribution in [2.45, 2.75) is 44.7 Å². The van der Waals surface area contributed by atoms with Crippen LogP contribution in [-0.2, 0) is 20.9 Å². The molecule has 0 atom stereocenters. The van der Waals surface area contributed by atoms with Gasteiger partial charge >= 0.3 is 5.97 Å². The Bertz CT molecular complexity index is 437. The molecule has 1 amide bonds. The van der Waals surface area contributed by atoms with Crippen LogP contribution in [-0.4, -0.2) is 34.8 Å². The van der Waals surface area contributed by atoms with E-state index in [0.717, 1.165) is 25.7 Å². The minimum absolute atomic E-state index is 0.00257. The fourth-order valence-corrected chi connectivity index (χ4v) is 2.59. The van der Waals surface area contributed by atoms with Gasteiger partial charge in [-0.3, -0.25) is 14.3 Å². The number of amides is 1. The third-order valence-electron chi connectivity index (χ3n) is 3.75. The maximum atomic E-state index is 11.8. The number of nitrogens with one attached hydrogen (secondary N) is 1. The van der Waals surface area contributed by atoms with Crippen LogP contribution in [0.15, 0.2) is 18.5 Å².